The smallest absolute Gasteiger partial charge is 0.132 e. The normalized spacial score (nSPS) is 18.7. The first-order valence-electron chi connectivity index (χ1n) is 8.54. The van der Waals surface area contributed by atoms with E-state index in [-0.39, 0.29) is 11.9 Å². The second-order valence-corrected chi connectivity index (χ2v) is 6.57. The third-order valence-corrected chi connectivity index (χ3v) is 4.57. The number of hydrogen-bond acceptors (Lipinski definition) is 4. The van der Waals surface area contributed by atoms with E-state index in [0.717, 1.165) is 42.8 Å². The van der Waals surface area contributed by atoms with Gasteiger partial charge >= 0.3 is 0 Å². The number of pyridine rings is 1. The number of fused-ring (bicyclic) bond motifs is 1. The van der Waals surface area contributed by atoms with E-state index in [4.69, 9.17) is 4.74 Å². The molecule has 1 atom stereocenters. The zero-order valence-corrected chi connectivity index (χ0v) is 14.2. The van der Waals surface area contributed by atoms with Crippen molar-refractivity contribution in [1.29, 1.82) is 0 Å². The Labute approximate surface area is 146 Å². The Hall–Kier alpha value is -2.31. The number of aromatic nitrogens is 3. The summed E-state index contributed by atoms with van der Waals surface area (Å²) < 4.78 is 21.8. The lowest BCUT2D eigenvalue weighted by molar-refractivity contribution is -0.0401. The predicted molar refractivity (Wildman–Crippen MR) is 93.7 cm³/mol. The van der Waals surface area contributed by atoms with Crippen LogP contribution in [0.5, 0.6) is 0 Å². The summed E-state index contributed by atoms with van der Waals surface area (Å²) in [5, 5.41) is 4.92. The number of nitrogens with zero attached hydrogens (tertiary/aromatic N) is 4. The van der Waals surface area contributed by atoms with Gasteiger partial charge in [0.2, 0.25) is 0 Å². The molecule has 0 radical (unpaired) electrons. The molecule has 2 aromatic heterocycles. The molecule has 3 aromatic rings. The molecule has 1 unspecified atom stereocenters. The van der Waals surface area contributed by atoms with Gasteiger partial charge in [-0.1, -0.05) is 6.07 Å². The van der Waals surface area contributed by atoms with Gasteiger partial charge in [-0.2, -0.15) is 5.10 Å². The van der Waals surface area contributed by atoms with Gasteiger partial charge in [-0.15, -0.1) is 0 Å². The van der Waals surface area contributed by atoms with Crippen LogP contribution in [0.25, 0.3) is 10.9 Å². The van der Waals surface area contributed by atoms with Crippen LogP contribution < -0.4 is 0 Å². The van der Waals surface area contributed by atoms with E-state index in [1.807, 2.05) is 30.1 Å². The summed E-state index contributed by atoms with van der Waals surface area (Å²) in [6, 6.07) is 6.92. The van der Waals surface area contributed by atoms with Gasteiger partial charge in [0.15, 0.2) is 0 Å². The summed E-state index contributed by atoms with van der Waals surface area (Å²) in [5.74, 6) is -0.222. The van der Waals surface area contributed by atoms with Gasteiger partial charge in [0.05, 0.1) is 31.0 Å². The molecule has 1 fully saturated rings. The van der Waals surface area contributed by atoms with Crippen molar-refractivity contribution in [3.63, 3.8) is 0 Å². The summed E-state index contributed by atoms with van der Waals surface area (Å²) in [7, 11) is 0. The first-order chi connectivity index (χ1) is 12.2. The van der Waals surface area contributed by atoms with Crippen molar-refractivity contribution in [2.75, 3.05) is 19.7 Å². The van der Waals surface area contributed by atoms with Gasteiger partial charge in [-0.05, 0) is 36.2 Å². The molecule has 5 nitrogen and oxygen atoms in total. The van der Waals surface area contributed by atoms with Gasteiger partial charge in [0, 0.05) is 37.4 Å². The number of halogens is 1. The van der Waals surface area contributed by atoms with Crippen molar-refractivity contribution in [2.45, 2.75) is 26.1 Å². The number of aryl methyl sites for hydroxylation is 1. The second kappa shape index (κ2) is 6.90. The molecular formula is C19H21FN4O. The highest BCUT2D eigenvalue weighted by molar-refractivity contribution is 5.82. The number of rotatable bonds is 4. The van der Waals surface area contributed by atoms with Crippen LogP contribution in [0.4, 0.5) is 4.39 Å². The van der Waals surface area contributed by atoms with Crippen LogP contribution >= 0.6 is 0 Å². The quantitative estimate of drug-likeness (QED) is 0.732. The van der Waals surface area contributed by atoms with E-state index in [2.05, 4.69) is 15.0 Å². The molecule has 25 heavy (non-hydrogen) atoms. The fraction of sp³-hybridized carbons (Fsp3) is 0.368. The Kier molecular flexibility index (Phi) is 4.46. The highest BCUT2D eigenvalue weighted by Crippen LogP contribution is 2.22. The van der Waals surface area contributed by atoms with Crippen LogP contribution in [0.1, 0.15) is 11.1 Å². The maximum atomic E-state index is 14.0. The maximum Gasteiger partial charge on any atom is 0.132 e. The van der Waals surface area contributed by atoms with Crippen molar-refractivity contribution in [3.8, 4) is 0 Å². The van der Waals surface area contributed by atoms with E-state index in [1.54, 1.807) is 18.3 Å². The zero-order chi connectivity index (χ0) is 17.2. The van der Waals surface area contributed by atoms with E-state index in [1.165, 1.54) is 6.07 Å². The molecular weight excluding hydrogens is 319 g/mol. The highest BCUT2D eigenvalue weighted by Gasteiger charge is 2.22. The van der Waals surface area contributed by atoms with Gasteiger partial charge in [0.1, 0.15) is 5.82 Å². The average Bonchev–Trinajstić information content (AvgIpc) is 3.03. The highest BCUT2D eigenvalue weighted by atomic mass is 19.1. The molecule has 0 amide bonds. The topological polar surface area (TPSA) is 43.2 Å². The molecule has 0 spiro atoms. The largest absolute Gasteiger partial charge is 0.374 e. The first kappa shape index (κ1) is 16.2. The Morgan fingerprint density at radius 3 is 3.08 bits per heavy atom. The Balaban J connectivity index is 1.48. The fourth-order valence-electron chi connectivity index (χ4n) is 3.37. The van der Waals surface area contributed by atoms with Crippen molar-refractivity contribution in [1.82, 2.24) is 19.7 Å². The number of morpholine rings is 1. The van der Waals surface area contributed by atoms with Crippen molar-refractivity contribution in [2.24, 2.45) is 0 Å². The molecule has 1 aromatic carbocycles. The third-order valence-electron chi connectivity index (χ3n) is 4.57. The predicted octanol–water partition coefficient (Wildman–Crippen LogP) is 2.78. The van der Waals surface area contributed by atoms with Gasteiger partial charge < -0.3 is 4.74 Å². The Morgan fingerprint density at radius 2 is 2.24 bits per heavy atom. The lowest BCUT2D eigenvalue weighted by atomic mass is 10.1. The van der Waals surface area contributed by atoms with E-state index in [9.17, 15) is 4.39 Å². The van der Waals surface area contributed by atoms with E-state index < -0.39 is 0 Å². The number of ether oxygens (including phenoxy) is 1. The molecule has 1 saturated heterocycles. The minimum atomic E-state index is -0.222. The first-order valence-corrected chi connectivity index (χ1v) is 8.54. The molecule has 130 valence electrons. The van der Waals surface area contributed by atoms with Crippen LogP contribution in [0.15, 0.2) is 42.9 Å². The van der Waals surface area contributed by atoms with Gasteiger partial charge in [-0.25, -0.2) is 4.39 Å². The van der Waals surface area contributed by atoms with Gasteiger partial charge in [0.25, 0.3) is 0 Å². The lowest BCUT2D eigenvalue weighted by Gasteiger charge is -2.33. The fourth-order valence-corrected chi connectivity index (χ4v) is 3.37. The van der Waals surface area contributed by atoms with Crippen LogP contribution in [0.3, 0.4) is 0 Å². The standard InChI is InChI=1S/C19H21FN4O/c1-14-9-22-24(10-14)13-16-12-23(7-8-25-16)11-15-4-5-18(20)17-3-2-6-21-19(15)17/h2-6,9-10,16H,7-8,11-13H2,1H3. The van der Waals surface area contributed by atoms with E-state index in [0.29, 0.717) is 12.0 Å². The summed E-state index contributed by atoms with van der Waals surface area (Å²) >= 11 is 0. The molecule has 0 N–H and O–H groups in total. The monoisotopic (exact) mass is 340 g/mol. The SMILES string of the molecule is Cc1cnn(CC2CN(Cc3ccc(F)c4cccnc34)CCO2)c1. The third kappa shape index (κ3) is 3.55. The second-order valence-electron chi connectivity index (χ2n) is 6.57. The van der Waals surface area contributed by atoms with E-state index >= 15 is 0 Å². The summed E-state index contributed by atoms with van der Waals surface area (Å²) in [6.07, 6.45) is 5.71. The van der Waals surface area contributed by atoms with Crippen LogP contribution in [0.2, 0.25) is 0 Å². The number of hydrogen-bond donors (Lipinski definition) is 0. The molecule has 0 bridgehead atoms. The van der Waals surface area contributed by atoms with Crippen LogP contribution in [-0.4, -0.2) is 45.5 Å². The average molecular weight is 340 g/mol. The number of benzene rings is 1. The van der Waals surface area contributed by atoms with Crippen molar-refractivity contribution in [3.05, 3.63) is 59.8 Å². The molecule has 1 aliphatic heterocycles. The Morgan fingerprint density at radius 1 is 1.32 bits per heavy atom. The molecule has 0 saturated carbocycles. The van der Waals surface area contributed by atoms with Crippen LogP contribution in [0, 0.1) is 12.7 Å². The molecule has 4 rings (SSSR count). The summed E-state index contributed by atoms with van der Waals surface area (Å²) in [6.45, 7) is 5.89. The molecule has 6 heteroatoms. The molecule has 1 aliphatic rings. The zero-order valence-electron chi connectivity index (χ0n) is 14.2. The van der Waals surface area contributed by atoms with Crippen molar-refractivity contribution < 1.29 is 9.13 Å². The minimum absolute atomic E-state index is 0.104. The van der Waals surface area contributed by atoms with Crippen molar-refractivity contribution >= 4 is 10.9 Å². The summed E-state index contributed by atoms with van der Waals surface area (Å²) in [4.78, 5) is 6.72. The maximum absolute atomic E-state index is 14.0. The van der Waals surface area contributed by atoms with Gasteiger partial charge in [-0.3, -0.25) is 14.6 Å². The molecule has 3 heterocycles. The lowest BCUT2D eigenvalue weighted by Crippen LogP contribution is -2.43. The Bertz CT molecular complexity index is 879. The molecule has 0 aliphatic carbocycles. The minimum Gasteiger partial charge on any atom is -0.374 e. The van der Waals surface area contributed by atoms with Crippen LogP contribution in [-0.2, 0) is 17.8 Å². The summed E-state index contributed by atoms with van der Waals surface area (Å²) in [5.41, 5.74) is 2.94.